The van der Waals surface area contributed by atoms with E-state index in [9.17, 15) is 80.3 Å². The Labute approximate surface area is 787 Å². The number of halogens is 10. The van der Waals surface area contributed by atoms with Gasteiger partial charge in [-0.1, -0.05) is 36.4 Å². The molecule has 0 spiro atoms. The van der Waals surface area contributed by atoms with Crippen LogP contribution in [0, 0.1) is 51.7 Å². The van der Waals surface area contributed by atoms with Crippen molar-refractivity contribution in [1.29, 1.82) is 15.8 Å². The van der Waals surface area contributed by atoms with Crippen LogP contribution in [0.5, 0.6) is 0 Å². The lowest BCUT2D eigenvalue weighted by Crippen LogP contribution is -2.40. The molecule has 738 valence electrons. The highest BCUT2D eigenvalue weighted by atomic mass is 35.5. The van der Waals surface area contributed by atoms with Gasteiger partial charge in [0, 0.05) is 123 Å². The molecule has 0 saturated carbocycles. The van der Waals surface area contributed by atoms with Crippen LogP contribution < -0.4 is 56.8 Å². The third-order valence-electron chi connectivity index (χ3n) is 24.0. The van der Waals surface area contributed by atoms with Gasteiger partial charge in [-0.05, 0) is 233 Å². The SMILES string of the molecule is CC(C)(C)OC(=O)NCCC1CCN(c2cc(N3CCC[C@H]3C(=O)CCCc3ccc(C#N)cc3)nc(C(F)(F)F)n2)CC1.Cl.N#Cc1ccc(CCCC(=O)[C@@H]2CCCN2c2cc(N3CCC(CCN)CC3)nc(C(F)(F)F)n2)cc1.N#Cc1ccc(CCCC(=O)[C@@H]2CCCN2c2cc(N3CCC(CCNC(=O)NCCS(=O)(=O)O)CC3)nc(C(F)(F)F)n2)cc1.NCCS(=O)(=O)O. The molecule has 32 nitrogen and oxygen atoms in total. The minimum atomic E-state index is -4.77. The lowest BCUT2D eigenvalue weighted by atomic mass is 9.93. The van der Waals surface area contributed by atoms with Crippen LogP contribution in [0.3, 0.4) is 0 Å². The molecule has 12 rings (SSSR count). The van der Waals surface area contributed by atoms with Gasteiger partial charge in [0.15, 0.2) is 17.3 Å². The smallest absolute Gasteiger partial charge is 0.444 e. The Kier molecular flexibility index (Phi) is 41.6. The van der Waals surface area contributed by atoms with Crippen LogP contribution in [0.2, 0.25) is 0 Å². The zero-order chi connectivity index (χ0) is 97.6. The van der Waals surface area contributed by atoms with Crippen molar-refractivity contribution in [3.8, 4) is 18.2 Å². The second-order valence-corrected chi connectivity index (χ2v) is 38.2. The first-order valence-corrected chi connectivity index (χ1v) is 48.5. The number of nitrogens with one attached hydrogen (secondary N) is 3. The van der Waals surface area contributed by atoms with Gasteiger partial charge in [-0.2, -0.15) is 72.1 Å². The van der Waals surface area contributed by atoms with Gasteiger partial charge >= 0.3 is 30.7 Å². The molecule has 9 heterocycles. The van der Waals surface area contributed by atoms with Crippen molar-refractivity contribution in [2.45, 2.75) is 217 Å². The molecule has 3 aromatic carbocycles. The quantitative estimate of drug-likeness (QED) is 0.0146. The standard InChI is InChI=1S/C32H41F3N6O3.C30H38F3N7O5S.C27H33F3N6O.C2H7NO3S.ClH/c1-31(2,3)44-30(43)37-16-13-23-14-18-40(19-15-23)27-20-28(39-29(38-27)32(33,34)35)41-17-5-7-25(41)26(42)8-4-6-22-9-11-24(21-36)12-10-22;31-30(32,33)28-37-26(39-16-11-22(12-17-39)10-13-35-29(42)36-14-18-46(43,44)45)19-27(38-28)40-15-2-4-24(40)25(41)5-1-3-21-6-8-23(20-34)9-7-21;28-27(29,30)26-33-24(35-15-11-20(10-13-31)12-16-35)17-25(34-26)36-14-2-4-22(36)23(37)5-1-3-19-6-8-21(18-32)9-7-19;3-1-2-7(4,5)6;/h9-12,20,23,25H,4-8,13-19H2,1-3H3,(H,37,43);6-9,19,22,24H,1-5,10-18H2,(H2,35,36,42)(H,43,44,45);6-9,17,20,22H,1-5,10-16,31H2;1-3H2,(H,4,5,6);1H/t25-;24-;22-;;/m000../s1. The minimum Gasteiger partial charge on any atom is -0.444 e. The molecule has 44 heteroatoms. The van der Waals surface area contributed by atoms with Gasteiger partial charge in [-0.15, -0.1) is 12.4 Å². The third kappa shape index (κ3) is 36.0. The second-order valence-electron chi connectivity index (χ2n) is 35.1. The predicted octanol–water partition coefficient (Wildman–Crippen LogP) is 13.5. The van der Waals surface area contributed by atoms with Gasteiger partial charge in [-0.25, -0.2) is 39.5 Å². The minimum absolute atomic E-state index is 0. The summed E-state index contributed by atoms with van der Waals surface area (Å²) in [4.78, 5) is 97.1. The number of hydrogen-bond donors (Lipinski definition) is 7. The molecule has 0 bridgehead atoms. The summed E-state index contributed by atoms with van der Waals surface area (Å²) in [6.45, 7) is 11.1. The summed E-state index contributed by atoms with van der Waals surface area (Å²) < 4.78 is 187. The maximum absolute atomic E-state index is 13.9. The fraction of sp³-hybridized carbons (Fsp3) is 0.582. The van der Waals surface area contributed by atoms with E-state index in [4.69, 9.17) is 41.1 Å². The molecule has 0 aliphatic carbocycles. The Hall–Kier alpha value is -10.9. The van der Waals surface area contributed by atoms with Crippen LogP contribution in [0.1, 0.15) is 206 Å². The number of nitrogens with two attached hydrogens (primary N) is 2. The lowest BCUT2D eigenvalue weighted by molar-refractivity contribution is -0.145. The number of piperidine rings is 3. The molecular weight excluding hydrogens is 1840 g/mol. The first-order valence-electron chi connectivity index (χ1n) is 45.3. The number of benzene rings is 3. The number of hydrogen-bond acceptors (Lipinski definition) is 27. The molecule has 3 aromatic heterocycles. The van der Waals surface area contributed by atoms with Gasteiger partial charge in [0.05, 0.1) is 64.5 Å². The largest absolute Gasteiger partial charge is 0.451 e. The molecule has 6 saturated heterocycles. The fourth-order valence-electron chi connectivity index (χ4n) is 17.0. The third-order valence-corrected chi connectivity index (χ3v) is 25.5. The first-order chi connectivity index (χ1) is 63.5. The summed E-state index contributed by atoms with van der Waals surface area (Å²) in [6.07, 6.45) is 0.750. The van der Waals surface area contributed by atoms with E-state index >= 15 is 0 Å². The number of ketones is 3. The number of Topliss-reactive ketones (excluding diaryl/α,β-unsaturated/α-hetero) is 3. The molecule has 6 aromatic rings. The summed E-state index contributed by atoms with van der Waals surface area (Å²) in [5.74, 6) is -2.55. The zero-order valence-electron chi connectivity index (χ0n) is 75.9. The number of rotatable bonds is 34. The summed E-state index contributed by atoms with van der Waals surface area (Å²) >= 11 is 0. The highest BCUT2D eigenvalue weighted by Crippen LogP contribution is 2.40. The maximum atomic E-state index is 13.9. The van der Waals surface area contributed by atoms with E-state index in [2.05, 4.69) is 64.1 Å². The highest BCUT2D eigenvalue weighted by molar-refractivity contribution is 7.86. The van der Waals surface area contributed by atoms with E-state index in [1.807, 2.05) is 46.2 Å². The number of nitrogens with zero attached hydrogens (tertiary/aromatic N) is 15. The van der Waals surface area contributed by atoms with Crippen molar-refractivity contribution in [3.05, 3.63) is 142 Å². The van der Waals surface area contributed by atoms with Crippen molar-refractivity contribution >= 4 is 97.0 Å². The summed E-state index contributed by atoms with van der Waals surface area (Å²) in [6, 6.07) is 30.5. The van der Waals surface area contributed by atoms with Crippen molar-refractivity contribution in [2.75, 3.05) is 133 Å². The van der Waals surface area contributed by atoms with Gasteiger partial charge in [-0.3, -0.25) is 23.5 Å². The number of anilines is 6. The van der Waals surface area contributed by atoms with E-state index in [-0.39, 0.29) is 95.8 Å². The normalized spacial score (nSPS) is 17.5. The van der Waals surface area contributed by atoms with Gasteiger partial charge in [0.1, 0.15) is 40.5 Å². The molecular formula is C91H120ClF9N20O12S2. The van der Waals surface area contributed by atoms with Gasteiger partial charge in [0.2, 0.25) is 17.5 Å². The predicted molar refractivity (Wildman–Crippen MR) is 492 cm³/mol. The Morgan fingerprint density at radius 1 is 0.422 bits per heavy atom. The molecule has 135 heavy (non-hydrogen) atoms. The molecule has 6 aliphatic heterocycles. The number of alkyl halides is 9. The van der Waals surface area contributed by atoms with Crippen LogP contribution in [0.25, 0.3) is 0 Å². The highest BCUT2D eigenvalue weighted by Gasteiger charge is 2.43. The second kappa shape index (κ2) is 51.3. The maximum Gasteiger partial charge on any atom is 0.451 e. The lowest BCUT2D eigenvalue weighted by Gasteiger charge is -2.34. The zero-order valence-corrected chi connectivity index (χ0v) is 78.3. The summed E-state index contributed by atoms with van der Waals surface area (Å²) in [5.41, 5.74) is 14.7. The van der Waals surface area contributed by atoms with E-state index in [0.717, 1.165) is 61.6 Å². The topological polar surface area (TPSA) is 460 Å². The Bertz CT molecular complexity index is 5240. The number of alkyl carbamates (subject to hydrolysis) is 1. The summed E-state index contributed by atoms with van der Waals surface area (Å²) in [5, 5.41) is 34.6. The van der Waals surface area contributed by atoms with E-state index < -0.39 is 97.8 Å². The van der Waals surface area contributed by atoms with Gasteiger partial charge < -0.3 is 61.6 Å². The Morgan fingerprint density at radius 3 is 0.978 bits per heavy atom. The summed E-state index contributed by atoms with van der Waals surface area (Å²) in [7, 11) is -7.97. The number of aryl methyl sites for hydroxylation is 3. The first kappa shape index (κ1) is 109. The number of ether oxygens (including phenoxy) is 1. The molecule has 9 N–H and O–H groups in total. The van der Waals surface area contributed by atoms with Gasteiger partial charge in [0.25, 0.3) is 20.2 Å². The van der Waals surface area contributed by atoms with Crippen molar-refractivity contribution in [3.63, 3.8) is 0 Å². The van der Waals surface area contributed by atoms with Crippen molar-refractivity contribution in [1.82, 2.24) is 45.9 Å². The molecule has 6 aliphatic rings. The molecule has 3 atom stereocenters. The Balaban J connectivity index is 0.000000240. The van der Waals surface area contributed by atoms with Crippen LogP contribution in [-0.2, 0) is 77.1 Å². The van der Waals surface area contributed by atoms with E-state index in [1.54, 1.807) is 88.9 Å². The number of amides is 3. The van der Waals surface area contributed by atoms with Crippen LogP contribution in [0.15, 0.2) is 91.0 Å². The number of nitriles is 3. The van der Waals surface area contributed by atoms with Crippen molar-refractivity contribution in [2.24, 2.45) is 29.2 Å². The van der Waals surface area contributed by atoms with E-state index in [0.29, 0.717) is 210 Å². The number of aromatic nitrogens is 6. The monoisotopic (exact) mass is 1950 g/mol. The number of urea groups is 1. The Morgan fingerprint density at radius 2 is 0.711 bits per heavy atom. The average molecular weight is 1960 g/mol. The molecule has 0 radical (unpaired) electrons. The van der Waals surface area contributed by atoms with Crippen LogP contribution in [-0.4, -0.2) is 212 Å². The molecule has 3 amide bonds. The molecule has 6 fully saturated rings. The van der Waals surface area contributed by atoms with Crippen molar-refractivity contribution < 1.29 is 94.2 Å². The fourth-order valence-corrected chi connectivity index (χ4v) is 17.7. The number of carbonyl (C=O) groups is 5. The number of carbonyl (C=O) groups excluding carboxylic acids is 5. The van der Waals surface area contributed by atoms with E-state index in [1.165, 1.54) is 6.07 Å². The average Bonchev–Trinajstić information content (AvgIpc) is 1.79. The molecule has 0 unspecified atom stereocenters. The van der Waals surface area contributed by atoms with Crippen LogP contribution in [0.4, 0.5) is 84.0 Å². The van der Waals surface area contributed by atoms with Crippen LogP contribution >= 0.6 is 12.4 Å².